The first-order valence-corrected chi connectivity index (χ1v) is 7.18. The first-order chi connectivity index (χ1) is 6.45. The predicted molar refractivity (Wildman–Crippen MR) is 57.1 cm³/mol. The summed E-state index contributed by atoms with van der Waals surface area (Å²) >= 11 is -0.474. The molecule has 2 aromatic carbocycles. The Morgan fingerprint density at radius 3 is 2.77 bits per heavy atom. The molecule has 61 valence electrons. The van der Waals surface area contributed by atoms with Gasteiger partial charge in [0.2, 0.25) is 0 Å². The zero-order chi connectivity index (χ0) is 8.67. The third kappa shape index (κ3) is 1.13. The van der Waals surface area contributed by atoms with Crippen LogP contribution in [0.15, 0.2) is 42.5 Å². The number of hydrogen-bond donors (Lipinski definition) is 0. The van der Waals surface area contributed by atoms with Crippen LogP contribution in [0.5, 0.6) is 0 Å². The Bertz CT molecular complexity index is 417. The van der Waals surface area contributed by atoms with Crippen molar-refractivity contribution in [3.63, 3.8) is 0 Å². The van der Waals surface area contributed by atoms with Crippen LogP contribution < -0.4 is 7.02 Å². The Labute approximate surface area is 88.1 Å². The van der Waals surface area contributed by atoms with E-state index in [1.807, 2.05) is 6.07 Å². The van der Waals surface area contributed by atoms with E-state index in [2.05, 4.69) is 42.5 Å². The van der Waals surface area contributed by atoms with Crippen LogP contribution in [0.4, 0.5) is 0 Å². The summed E-state index contributed by atoms with van der Waals surface area (Å²) in [6.45, 7) is 0. The standard InChI is InChI=1S/C12H7.Sb.H/c1-3-7-11(8-4-1)12-9-5-2-6-10-12;;/h1-7H;;. The van der Waals surface area contributed by atoms with Gasteiger partial charge in [-0.3, -0.25) is 0 Å². The van der Waals surface area contributed by atoms with Crippen molar-refractivity contribution in [2.45, 2.75) is 0 Å². The molecule has 0 N–H and O–H groups in total. The van der Waals surface area contributed by atoms with Crippen molar-refractivity contribution < 1.29 is 0 Å². The predicted octanol–water partition coefficient (Wildman–Crippen LogP) is 0.854. The summed E-state index contributed by atoms with van der Waals surface area (Å²) in [6.07, 6.45) is 0. The Hall–Kier alpha value is -0.742. The molecule has 0 atom stereocenters. The van der Waals surface area contributed by atoms with Crippen LogP contribution in [0.1, 0.15) is 0 Å². The fourth-order valence-electron chi connectivity index (χ4n) is 1.72. The van der Waals surface area contributed by atoms with Gasteiger partial charge in [-0.1, -0.05) is 0 Å². The minimum atomic E-state index is -0.474. The second-order valence-electron chi connectivity index (χ2n) is 3.13. The van der Waals surface area contributed by atoms with Crippen molar-refractivity contribution in [2.75, 3.05) is 0 Å². The molecule has 1 aliphatic heterocycles. The van der Waals surface area contributed by atoms with Crippen LogP contribution in [0.2, 0.25) is 0 Å². The molecule has 0 fully saturated rings. The molecule has 0 saturated carbocycles. The number of hydrogen-bond acceptors (Lipinski definition) is 0. The summed E-state index contributed by atoms with van der Waals surface area (Å²) in [5, 5.41) is 0. The normalized spacial score (nSPS) is 12.3. The van der Waals surface area contributed by atoms with Gasteiger partial charge in [-0.15, -0.1) is 0 Å². The van der Waals surface area contributed by atoms with Crippen molar-refractivity contribution in [2.24, 2.45) is 0 Å². The van der Waals surface area contributed by atoms with E-state index in [4.69, 9.17) is 0 Å². The number of benzene rings is 2. The van der Waals surface area contributed by atoms with Gasteiger partial charge in [0.05, 0.1) is 0 Å². The third-order valence-electron chi connectivity index (χ3n) is 2.32. The van der Waals surface area contributed by atoms with E-state index in [0.29, 0.717) is 0 Å². The van der Waals surface area contributed by atoms with Crippen LogP contribution in [-0.2, 0) is 0 Å². The van der Waals surface area contributed by atoms with E-state index in [-0.39, 0.29) is 0 Å². The van der Waals surface area contributed by atoms with Crippen LogP contribution in [0.3, 0.4) is 0 Å². The van der Waals surface area contributed by atoms with Gasteiger partial charge in [0.1, 0.15) is 0 Å². The van der Waals surface area contributed by atoms with Gasteiger partial charge in [-0.05, 0) is 0 Å². The average Bonchev–Trinajstić information content (AvgIpc) is 2.56. The van der Waals surface area contributed by atoms with E-state index < -0.39 is 21.6 Å². The van der Waals surface area contributed by atoms with Crippen molar-refractivity contribution in [3.05, 3.63) is 48.5 Å². The molecule has 2 aromatic rings. The molecule has 1 radical (unpaired) electrons. The molecule has 1 aliphatic rings. The number of fused-ring (bicyclic) bond motifs is 3. The first kappa shape index (κ1) is 7.64. The molecule has 0 spiro atoms. The summed E-state index contributed by atoms with van der Waals surface area (Å²) in [5.74, 6) is 0. The van der Waals surface area contributed by atoms with E-state index in [0.717, 1.165) is 0 Å². The molecule has 0 amide bonds. The second kappa shape index (κ2) is 2.89. The molecule has 0 aliphatic carbocycles. The van der Waals surface area contributed by atoms with Gasteiger partial charge < -0.3 is 0 Å². The van der Waals surface area contributed by atoms with E-state index in [1.54, 1.807) is 7.02 Å². The second-order valence-corrected chi connectivity index (χ2v) is 6.92. The zero-order valence-electron chi connectivity index (χ0n) is 7.04. The summed E-state index contributed by atoms with van der Waals surface area (Å²) in [4.78, 5) is 0. The van der Waals surface area contributed by atoms with Crippen molar-refractivity contribution in [1.82, 2.24) is 0 Å². The van der Waals surface area contributed by atoms with Crippen LogP contribution in [-0.4, -0.2) is 21.6 Å². The van der Waals surface area contributed by atoms with Gasteiger partial charge >= 0.3 is 88.3 Å². The Morgan fingerprint density at radius 1 is 0.923 bits per heavy atom. The summed E-state index contributed by atoms with van der Waals surface area (Å²) in [5.41, 5.74) is 2.80. The average molecular weight is 274 g/mol. The zero-order valence-corrected chi connectivity index (χ0v) is 9.90. The number of rotatable bonds is 0. The molecular formula is C12H8Sb. The summed E-state index contributed by atoms with van der Waals surface area (Å²) in [6, 6.07) is 18.5. The van der Waals surface area contributed by atoms with Gasteiger partial charge in [0, 0.05) is 0 Å². The maximum atomic E-state index is 3.35. The Balaban J connectivity index is 2.32. The molecule has 1 heteroatoms. The monoisotopic (exact) mass is 273 g/mol. The maximum absolute atomic E-state index is 3.35. The van der Waals surface area contributed by atoms with Gasteiger partial charge in [-0.25, -0.2) is 0 Å². The molecular weight excluding hydrogens is 266 g/mol. The molecule has 3 rings (SSSR count). The van der Waals surface area contributed by atoms with Crippen molar-refractivity contribution >= 4 is 28.6 Å². The molecule has 0 saturated heterocycles. The van der Waals surface area contributed by atoms with Gasteiger partial charge in [0.15, 0.2) is 0 Å². The summed E-state index contributed by atoms with van der Waals surface area (Å²) in [7, 11) is 0. The molecule has 13 heavy (non-hydrogen) atoms. The Kier molecular flexibility index (Phi) is 1.70. The minimum absolute atomic E-state index is 0.474. The fourth-order valence-corrected chi connectivity index (χ4v) is 5.50. The van der Waals surface area contributed by atoms with Crippen LogP contribution >= 0.6 is 0 Å². The summed E-state index contributed by atoms with van der Waals surface area (Å²) < 4.78 is 3.18. The fraction of sp³-hybridized carbons (Fsp3) is 0. The van der Waals surface area contributed by atoms with E-state index >= 15 is 0 Å². The van der Waals surface area contributed by atoms with Crippen molar-refractivity contribution in [1.29, 1.82) is 0 Å². The van der Waals surface area contributed by atoms with Gasteiger partial charge in [-0.2, -0.15) is 0 Å². The van der Waals surface area contributed by atoms with Gasteiger partial charge in [0.25, 0.3) is 0 Å². The molecule has 1 heterocycles. The van der Waals surface area contributed by atoms with Crippen molar-refractivity contribution in [3.8, 4) is 11.1 Å². The molecule has 0 bridgehead atoms. The molecule has 0 aromatic heterocycles. The molecule has 0 nitrogen and oxygen atoms in total. The van der Waals surface area contributed by atoms with Crippen LogP contribution in [0.25, 0.3) is 11.1 Å². The molecule has 0 unspecified atom stereocenters. The SMILES string of the molecule is [c]1ccc[c]2c1-c1cccc[c]1[SbH]2. The topological polar surface area (TPSA) is 0 Å². The third-order valence-corrected chi connectivity index (χ3v) is 6.29. The van der Waals surface area contributed by atoms with E-state index in [1.165, 1.54) is 11.1 Å². The van der Waals surface area contributed by atoms with E-state index in [9.17, 15) is 0 Å². The quantitative estimate of drug-likeness (QED) is 0.533. The first-order valence-electron chi connectivity index (χ1n) is 4.32. The van der Waals surface area contributed by atoms with Crippen LogP contribution in [0, 0.1) is 6.07 Å². The Morgan fingerprint density at radius 2 is 1.77 bits per heavy atom.